The number of benzene rings is 1. The summed E-state index contributed by atoms with van der Waals surface area (Å²) in [7, 11) is -0.630. The number of rotatable bonds is 9. The summed E-state index contributed by atoms with van der Waals surface area (Å²) in [5, 5.41) is 0. The van der Waals surface area contributed by atoms with Crippen molar-refractivity contribution in [2.75, 3.05) is 13.7 Å². The van der Waals surface area contributed by atoms with Gasteiger partial charge in [0, 0.05) is 26.2 Å². The van der Waals surface area contributed by atoms with Gasteiger partial charge >= 0.3 is 0 Å². The normalized spacial score (nSPS) is 13.1. The van der Waals surface area contributed by atoms with E-state index in [1.807, 2.05) is 13.8 Å². The Balaban J connectivity index is 2.44. The minimum atomic E-state index is -3.94. The number of aromatic nitrogens is 2. The van der Waals surface area contributed by atoms with Crippen LogP contribution in [0.15, 0.2) is 41.7 Å². The van der Waals surface area contributed by atoms with E-state index in [1.165, 1.54) is 23.5 Å². The minimum Gasteiger partial charge on any atom is -0.497 e. The van der Waals surface area contributed by atoms with Gasteiger partial charge in [-0.05, 0) is 30.2 Å². The molecule has 2 aromatic rings. The summed E-state index contributed by atoms with van der Waals surface area (Å²) in [6, 6.07) is 5.02. The molecule has 9 heteroatoms. The fourth-order valence-electron chi connectivity index (χ4n) is 2.75. The third-order valence-corrected chi connectivity index (χ3v) is 5.94. The van der Waals surface area contributed by atoms with E-state index < -0.39 is 22.0 Å². The quantitative estimate of drug-likeness (QED) is 0.687. The monoisotopic (exact) mass is 394 g/mol. The van der Waals surface area contributed by atoms with Gasteiger partial charge in [0.25, 0.3) is 0 Å². The van der Waals surface area contributed by atoms with Gasteiger partial charge in [0.1, 0.15) is 11.8 Å². The van der Waals surface area contributed by atoms with Gasteiger partial charge < -0.3 is 15.0 Å². The zero-order chi connectivity index (χ0) is 20.2. The molecule has 0 fully saturated rings. The van der Waals surface area contributed by atoms with Crippen molar-refractivity contribution < 1.29 is 17.9 Å². The summed E-state index contributed by atoms with van der Waals surface area (Å²) in [5.74, 6) is -0.161. The van der Waals surface area contributed by atoms with Gasteiger partial charge in [-0.2, -0.15) is 4.31 Å². The molecule has 8 nitrogen and oxygen atoms in total. The Labute approximate surface area is 160 Å². The van der Waals surface area contributed by atoms with Crippen LogP contribution >= 0.6 is 0 Å². The first-order valence-corrected chi connectivity index (χ1v) is 10.0. The molecule has 0 spiro atoms. The number of carbonyl (C=O) groups excluding carboxylic acids is 1. The van der Waals surface area contributed by atoms with Crippen LogP contribution in [-0.4, -0.2) is 47.9 Å². The first-order chi connectivity index (χ1) is 12.6. The highest BCUT2D eigenvalue weighted by atomic mass is 32.2. The molecule has 0 aliphatic heterocycles. The van der Waals surface area contributed by atoms with Crippen LogP contribution in [0.5, 0.6) is 5.75 Å². The lowest BCUT2D eigenvalue weighted by molar-refractivity contribution is -0.121. The second kappa shape index (κ2) is 8.53. The average molecular weight is 394 g/mol. The maximum atomic E-state index is 13.3. The van der Waals surface area contributed by atoms with Gasteiger partial charge in [-0.15, -0.1) is 0 Å². The molecule has 2 rings (SSSR count). The predicted molar refractivity (Wildman–Crippen MR) is 102 cm³/mol. The summed E-state index contributed by atoms with van der Waals surface area (Å²) in [6.07, 6.45) is 3.44. The highest BCUT2D eigenvalue weighted by molar-refractivity contribution is 7.89. The van der Waals surface area contributed by atoms with E-state index in [2.05, 4.69) is 4.98 Å². The number of carbonyl (C=O) groups is 1. The summed E-state index contributed by atoms with van der Waals surface area (Å²) < 4.78 is 34.5. The van der Waals surface area contributed by atoms with Gasteiger partial charge in [0.15, 0.2) is 0 Å². The number of sulfonamides is 1. The van der Waals surface area contributed by atoms with Crippen LogP contribution in [0, 0.1) is 5.92 Å². The molecule has 1 amide bonds. The van der Waals surface area contributed by atoms with Crippen LogP contribution in [0.3, 0.4) is 0 Å². The summed E-state index contributed by atoms with van der Waals surface area (Å²) >= 11 is 0. The molecule has 0 aliphatic rings. The Morgan fingerprint density at radius 2 is 1.93 bits per heavy atom. The van der Waals surface area contributed by atoms with Crippen LogP contribution in [-0.2, 0) is 28.3 Å². The van der Waals surface area contributed by atoms with E-state index in [-0.39, 0.29) is 23.8 Å². The van der Waals surface area contributed by atoms with Crippen LogP contribution in [0.4, 0.5) is 0 Å². The molecule has 0 saturated heterocycles. The molecule has 1 atom stereocenters. The standard InChI is InChI=1S/C18H26N4O4S/c1-13(2)10-22(17(18(19)23)9-14-11-21(3)12-20-14)27(24,25)16-7-5-15(26-4)6-8-16/h5-8,11-13,17H,9-10H2,1-4H3,(H2,19,23). The molecule has 0 aliphatic carbocycles. The molecular formula is C18H26N4O4S. The summed E-state index contributed by atoms with van der Waals surface area (Å²) in [5.41, 5.74) is 6.19. The highest BCUT2D eigenvalue weighted by Gasteiger charge is 2.35. The largest absolute Gasteiger partial charge is 0.497 e. The van der Waals surface area contributed by atoms with Crippen molar-refractivity contribution in [3.8, 4) is 5.75 Å². The lowest BCUT2D eigenvalue weighted by atomic mass is 10.1. The molecule has 27 heavy (non-hydrogen) atoms. The molecule has 0 radical (unpaired) electrons. The Hall–Kier alpha value is -2.39. The van der Waals surface area contributed by atoms with Gasteiger partial charge in [-0.3, -0.25) is 4.79 Å². The van der Waals surface area contributed by atoms with Gasteiger partial charge in [-0.1, -0.05) is 13.8 Å². The van der Waals surface area contributed by atoms with Crippen molar-refractivity contribution in [3.05, 3.63) is 42.5 Å². The highest BCUT2D eigenvalue weighted by Crippen LogP contribution is 2.23. The number of primary amides is 1. The lowest BCUT2D eigenvalue weighted by Crippen LogP contribution is -2.50. The second-order valence-corrected chi connectivity index (χ2v) is 8.69. The number of hydrogen-bond donors (Lipinski definition) is 1. The Morgan fingerprint density at radius 1 is 1.30 bits per heavy atom. The second-order valence-electron chi connectivity index (χ2n) is 6.80. The predicted octanol–water partition coefficient (Wildman–Crippen LogP) is 1.17. The molecule has 1 unspecified atom stereocenters. The fraction of sp³-hybridized carbons (Fsp3) is 0.444. The number of ether oxygens (including phenoxy) is 1. The van der Waals surface area contributed by atoms with Crippen LogP contribution in [0.1, 0.15) is 19.5 Å². The first kappa shape index (κ1) is 20.9. The number of amides is 1. The number of imidazole rings is 1. The summed E-state index contributed by atoms with van der Waals surface area (Å²) in [4.78, 5) is 16.4. The number of nitrogens with two attached hydrogens (primary N) is 1. The van der Waals surface area contributed by atoms with E-state index >= 15 is 0 Å². The average Bonchev–Trinajstić information content (AvgIpc) is 3.02. The molecule has 1 heterocycles. The Bertz CT molecular complexity index is 875. The molecule has 0 saturated carbocycles. The van der Waals surface area contributed by atoms with Gasteiger partial charge in [0.2, 0.25) is 15.9 Å². The topological polar surface area (TPSA) is 108 Å². The molecule has 2 N–H and O–H groups in total. The molecule has 1 aromatic heterocycles. The molecule has 1 aromatic carbocycles. The van der Waals surface area contributed by atoms with E-state index in [1.54, 1.807) is 36.3 Å². The third kappa shape index (κ3) is 5.08. The van der Waals surface area contributed by atoms with E-state index in [4.69, 9.17) is 10.5 Å². The Kier molecular flexibility index (Phi) is 6.61. The lowest BCUT2D eigenvalue weighted by Gasteiger charge is -2.30. The van der Waals surface area contributed by atoms with Crippen molar-refractivity contribution in [1.29, 1.82) is 0 Å². The van der Waals surface area contributed by atoms with Crippen molar-refractivity contribution in [3.63, 3.8) is 0 Å². The fourth-order valence-corrected chi connectivity index (χ4v) is 4.51. The number of methoxy groups -OCH3 is 1. The number of hydrogen-bond acceptors (Lipinski definition) is 5. The van der Waals surface area contributed by atoms with Crippen molar-refractivity contribution in [2.24, 2.45) is 18.7 Å². The zero-order valence-electron chi connectivity index (χ0n) is 16.0. The van der Waals surface area contributed by atoms with Crippen LogP contribution in [0.25, 0.3) is 0 Å². The number of aryl methyl sites for hydroxylation is 1. The summed E-state index contributed by atoms with van der Waals surface area (Å²) in [6.45, 7) is 3.93. The first-order valence-electron chi connectivity index (χ1n) is 8.57. The smallest absolute Gasteiger partial charge is 0.243 e. The van der Waals surface area contributed by atoms with Crippen molar-refractivity contribution >= 4 is 15.9 Å². The number of nitrogens with zero attached hydrogens (tertiary/aromatic N) is 3. The van der Waals surface area contributed by atoms with Crippen molar-refractivity contribution in [1.82, 2.24) is 13.9 Å². The minimum absolute atomic E-state index is 0.00334. The van der Waals surface area contributed by atoms with Crippen LogP contribution < -0.4 is 10.5 Å². The SMILES string of the molecule is COc1ccc(S(=O)(=O)N(CC(C)C)C(Cc2cn(C)cn2)C(N)=O)cc1. The maximum Gasteiger partial charge on any atom is 0.243 e. The third-order valence-electron chi connectivity index (χ3n) is 4.05. The maximum absolute atomic E-state index is 13.3. The van der Waals surface area contributed by atoms with E-state index in [9.17, 15) is 13.2 Å². The van der Waals surface area contributed by atoms with E-state index in [0.29, 0.717) is 11.4 Å². The molecule has 0 bridgehead atoms. The van der Waals surface area contributed by atoms with Gasteiger partial charge in [-0.25, -0.2) is 13.4 Å². The molecular weight excluding hydrogens is 368 g/mol. The van der Waals surface area contributed by atoms with Gasteiger partial charge in [0.05, 0.1) is 24.0 Å². The molecule has 148 valence electrons. The van der Waals surface area contributed by atoms with E-state index in [0.717, 1.165) is 0 Å². The zero-order valence-corrected chi connectivity index (χ0v) is 16.8. The van der Waals surface area contributed by atoms with Crippen molar-refractivity contribution in [2.45, 2.75) is 31.2 Å². The van der Waals surface area contributed by atoms with Crippen LogP contribution in [0.2, 0.25) is 0 Å². The Morgan fingerprint density at radius 3 is 2.37 bits per heavy atom.